The van der Waals surface area contributed by atoms with Crippen LogP contribution in [0.2, 0.25) is 0 Å². The molecule has 0 heterocycles. The Morgan fingerprint density at radius 2 is 1.96 bits per heavy atom. The van der Waals surface area contributed by atoms with E-state index in [1.165, 1.54) is 0 Å². The highest BCUT2D eigenvalue weighted by Crippen LogP contribution is 2.63. The number of carboxylic acid groups (broad SMARTS) is 1. The van der Waals surface area contributed by atoms with E-state index in [4.69, 9.17) is 20.7 Å². The van der Waals surface area contributed by atoms with E-state index in [0.29, 0.717) is 5.92 Å². The lowest BCUT2D eigenvalue weighted by atomic mass is 9.70. The number of carbonyl (C=O) groups is 3. The molecule has 2 fully saturated rings. The van der Waals surface area contributed by atoms with Gasteiger partial charge in [-0.2, -0.15) is 0 Å². The number of nitrogens with one attached hydrogen (secondary N) is 1. The van der Waals surface area contributed by atoms with Gasteiger partial charge in [0.2, 0.25) is 5.91 Å². The minimum atomic E-state index is -1.45. The molecule has 1 amide bonds. The Balaban J connectivity index is 1.92. The van der Waals surface area contributed by atoms with E-state index >= 15 is 0 Å². The van der Waals surface area contributed by atoms with Gasteiger partial charge >= 0.3 is 11.9 Å². The first-order chi connectivity index (χ1) is 11.5. The van der Waals surface area contributed by atoms with Crippen LogP contribution in [-0.4, -0.2) is 52.9 Å². The molecule has 2 aliphatic carbocycles. The summed E-state index contributed by atoms with van der Waals surface area (Å²) in [6.07, 6.45) is 2.63. The molecular weight excluding hydrogens is 328 g/mol. The van der Waals surface area contributed by atoms with Gasteiger partial charge < -0.3 is 26.0 Å². The van der Waals surface area contributed by atoms with Gasteiger partial charge in [0.05, 0.1) is 19.1 Å². The van der Waals surface area contributed by atoms with Crippen molar-refractivity contribution in [3.8, 4) is 0 Å². The minimum Gasteiger partial charge on any atom is -0.480 e. The molecule has 2 rings (SSSR count). The summed E-state index contributed by atoms with van der Waals surface area (Å²) in [6, 6.07) is -2.67. The number of esters is 1. The Morgan fingerprint density at radius 3 is 2.44 bits per heavy atom. The molecule has 2 bridgehead atoms. The van der Waals surface area contributed by atoms with E-state index in [2.05, 4.69) is 26.1 Å². The number of carbonyl (C=O) groups excluding carboxylic acids is 2. The summed E-state index contributed by atoms with van der Waals surface area (Å²) in [5.74, 6) is -2.22. The van der Waals surface area contributed by atoms with Gasteiger partial charge in [-0.25, -0.2) is 4.79 Å². The number of fused-ring (bicyclic) bond motifs is 2. The number of rotatable bonds is 7. The van der Waals surface area contributed by atoms with Crippen LogP contribution < -0.4 is 11.1 Å². The van der Waals surface area contributed by atoms with Gasteiger partial charge in [0.25, 0.3) is 0 Å². The van der Waals surface area contributed by atoms with Gasteiger partial charge in [-0.1, -0.05) is 20.8 Å². The topological polar surface area (TPSA) is 139 Å². The summed E-state index contributed by atoms with van der Waals surface area (Å²) in [4.78, 5) is 35.0. The number of hydrogen-bond donors (Lipinski definition) is 4. The molecule has 0 aromatic heterocycles. The smallest absolute Gasteiger partial charge is 0.328 e. The quantitative estimate of drug-likeness (QED) is 0.472. The predicted molar refractivity (Wildman–Crippen MR) is 88.4 cm³/mol. The maximum absolute atomic E-state index is 12.3. The molecular formula is C17H28N2O6. The summed E-state index contributed by atoms with van der Waals surface area (Å²) >= 11 is 0. The third kappa shape index (κ3) is 3.79. The van der Waals surface area contributed by atoms with Gasteiger partial charge in [-0.05, 0) is 25.2 Å². The van der Waals surface area contributed by atoms with Gasteiger partial charge in [-0.15, -0.1) is 0 Å². The van der Waals surface area contributed by atoms with Crippen molar-refractivity contribution in [2.75, 3.05) is 6.61 Å². The van der Waals surface area contributed by atoms with Crippen molar-refractivity contribution in [1.82, 2.24) is 5.32 Å². The summed E-state index contributed by atoms with van der Waals surface area (Å²) < 4.78 is 5.70. The fourth-order valence-corrected chi connectivity index (χ4v) is 4.47. The number of aliphatic hydroxyl groups excluding tert-OH is 1. The first-order valence-corrected chi connectivity index (χ1v) is 8.60. The van der Waals surface area contributed by atoms with Crippen molar-refractivity contribution in [2.45, 2.75) is 64.6 Å². The molecule has 0 radical (unpaired) electrons. The maximum atomic E-state index is 12.3. The third-order valence-corrected chi connectivity index (χ3v) is 5.91. The lowest BCUT2D eigenvalue weighted by Gasteiger charge is -2.41. The average molecular weight is 356 g/mol. The predicted octanol–water partition coefficient (Wildman–Crippen LogP) is 0.0235. The van der Waals surface area contributed by atoms with E-state index in [1.807, 2.05) is 0 Å². The monoisotopic (exact) mass is 356 g/mol. The van der Waals surface area contributed by atoms with Crippen LogP contribution in [0, 0.1) is 16.7 Å². The first-order valence-electron chi connectivity index (χ1n) is 8.60. The highest BCUT2D eigenvalue weighted by molar-refractivity contribution is 5.89. The van der Waals surface area contributed by atoms with Crippen LogP contribution in [0.5, 0.6) is 0 Å². The number of hydrogen-bond acceptors (Lipinski definition) is 6. The number of carboxylic acids is 1. The van der Waals surface area contributed by atoms with Crippen LogP contribution in [0.3, 0.4) is 0 Å². The molecule has 5 N–H and O–H groups in total. The molecule has 2 aliphatic rings. The fourth-order valence-electron chi connectivity index (χ4n) is 4.47. The molecule has 8 heteroatoms. The maximum Gasteiger partial charge on any atom is 0.328 e. The Bertz CT molecular complexity index is 559. The van der Waals surface area contributed by atoms with Crippen LogP contribution in [0.25, 0.3) is 0 Å². The minimum absolute atomic E-state index is 0.0402. The standard InChI is InChI=1S/C17H28N2O6/c1-16(2)9-4-5-17(3,7-9)15(16)25-12(21)6-10(18)13(22)19-11(8-20)14(23)24/h9-11,15,20H,4-8,18H2,1-3H3,(H,19,22)(H,23,24)/t9?,10-,11+,15?,17?/m0/s1. The number of aliphatic carboxylic acids is 1. The highest BCUT2D eigenvalue weighted by Gasteiger charge is 2.61. The zero-order chi connectivity index (χ0) is 19.0. The van der Waals surface area contributed by atoms with Gasteiger partial charge in [-0.3, -0.25) is 9.59 Å². The largest absolute Gasteiger partial charge is 0.480 e. The van der Waals surface area contributed by atoms with Crippen molar-refractivity contribution in [3.05, 3.63) is 0 Å². The Hall–Kier alpha value is -1.67. The molecule has 0 spiro atoms. The normalized spacial score (nSPS) is 32.0. The second-order valence-electron chi connectivity index (χ2n) is 8.18. The number of aliphatic hydroxyl groups is 1. The Kier molecular flexibility index (Phi) is 5.44. The van der Waals surface area contributed by atoms with E-state index in [1.54, 1.807) is 0 Å². The molecule has 25 heavy (non-hydrogen) atoms. The van der Waals surface area contributed by atoms with E-state index in [-0.39, 0.29) is 23.4 Å². The van der Waals surface area contributed by atoms with Crippen LogP contribution in [-0.2, 0) is 19.1 Å². The van der Waals surface area contributed by atoms with E-state index < -0.39 is 36.5 Å². The zero-order valence-electron chi connectivity index (χ0n) is 14.9. The summed E-state index contributed by atoms with van der Waals surface area (Å²) in [5.41, 5.74) is 5.53. The first kappa shape index (κ1) is 19.7. The lowest BCUT2D eigenvalue weighted by Crippen LogP contribution is -2.51. The number of ether oxygens (including phenoxy) is 1. The van der Waals surface area contributed by atoms with Crippen LogP contribution in [0.1, 0.15) is 46.5 Å². The number of amides is 1. The summed E-state index contributed by atoms with van der Waals surface area (Å²) in [7, 11) is 0. The van der Waals surface area contributed by atoms with E-state index in [9.17, 15) is 14.4 Å². The lowest BCUT2D eigenvalue weighted by molar-refractivity contribution is -0.165. The second-order valence-corrected chi connectivity index (χ2v) is 8.18. The van der Waals surface area contributed by atoms with Crippen molar-refractivity contribution >= 4 is 17.8 Å². The Labute approximate surface area is 147 Å². The SMILES string of the molecule is CC12CCC(C1)C(C)(C)C2OC(=O)C[C@H](N)C(=O)N[C@H](CO)C(=O)O. The summed E-state index contributed by atoms with van der Waals surface area (Å²) in [5, 5.41) is 19.8. The number of nitrogens with two attached hydrogens (primary N) is 1. The third-order valence-electron chi connectivity index (χ3n) is 5.91. The Morgan fingerprint density at radius 1 is 1.32 bits per heavy atom. The molecule has 5 atom stereocenters. The summed E-state index contributed by atoms with van der Waals surface area (Å²) in [6.45, 7) is 5.58. The fraction of sp³-hybridized carbons (Fsp3) is 0.824. The second kappa shape index (κ2) is 6.92. The van der Waals surface area contributed by atoms with Crippen molar-refractivity contribution in [3.63, 3.8) is 0 Å². The molecule has 0 saturated heterocycles. The van der Waals surface area contributed by atoms with Crippen LogP contribution in [0.15, 0.2) is 0 Å². The van der Waals surface area contributed by atoms with Gasteiger partial charge in [0.1, 0.15) is 12.1 Å². The van der Waals surface area contributed by atoms with Crippen molar-refractivity contribution in [2.24, 2.45) is 22.5 Å². The molecule has 2 saturated carbocycles. The molecule has 3 unspecified atom stereocenters. The van der Waals surface area contributed by atoms with Gasteiger partial charge in [0, 0.05) is 10.8 Å². The zero-order valence-corrected chi connectivity index (χ0v) is 14.9. The highest BCUT2D eigenvalue weighted by atomic mass is 16.5. The molecule has 0 aromatic rings. The molecule has 8 nitrogen and oxygen atoms in total. The van der Waals surface area contributed by atoms with Gasteiger partial charge in [0.15, 0.2) is 0 Å². The van der Waals surface area contributed by atoms with Crippen molar-refractivity contribution in [1.29, 1.82) is 0 Å². The van der Waals surface area contributed by atoms with E-state index in [0.717, 1.165) is 19.3 Å². The average Bonchev–Trinajstić information content (AvgIpc) is 2.99. The van der Waals surface area contributed by atoms with Crippen molar-refractivity contribution < 1.29 is 29.3 Å². The van der Waals surface area contributed by atoms with Crippen LogP contribution in [0.4, 0.5) is 0 Å². The molecule has 0 aromatic carbocycles. The molecule has 142 valence electrons. The van der Waals surface area contributed by atoms with Crippen LogP contribution >= 0.6 is 0 Å². The molecule has 0 aliphatic heterocycles.